The normalized spacial score (nSPS) is 17.0. The average molecular weight is 353 g/mol. The Morgan fingerprint density at radius 3 is 1.72 bits per heavy atom. The van der Waals surface area contributed by atoms with E-state index in [-0.39, 0.29) is 0 Å². The fourth-order valence-corrected chi connectivity index (χ4v) is 5.28. The summed E-state index contributed by atoms with van der Waals surface area (Å²) in [4.78, 5) is 0. The van der Waals surface area contributed by atoms with Crippen LogP contribution in [-0.2, 0) is 0 Å². The van der Waals surface area contributed by atoms with Crippen LogP contribution in [0, 0.1) is 29.1 Å². The first kappa shape index (κ1) is 25.0. The van der Waals surface area contributed by atoms with Crippen LogP contribution in [0.3, 0.4) is 0 Å². The van der Waals surface area contributed by atoms with E-state index in [1.54, 1.807) is 0 Å². The van der Waals surface area contributed by atoms with Crippen molar-refractivity contribution in [2.75, 3.05) is 0 Å². The van der Waals surface area contributed by atoms with Crippen LogP contribution in [0.1, 0.15) is 132 Å². The summed E-state index contributed by atoms with van der Waals surface area (Å²) < 4.78 is 0. The molecule has 0 saturated carbocycles. The van der Waals surface area contributed by atoms with Gasteiger partial charge in [-0.1, -0.05) is 113 Å². The van der Waals surface area contributed by atoms with Gasteiger partial charge in [-0.3, -0.25) is 0 Å². The molecule has 0 heteroatoms. The minimum absolute atomic E-state index is 0.592. The molecule has 0 heterocycles. The van der Waals surface area contributed by atoms with Gasteiger partial charge < -0.3 is 0 Å². The van der Waals surface area contributed by atoms with Crippen molar-refractivity contribution < 1.29 is 0 Å². The summed E-state index contributed by atoms with van der Waals surface area (Å²) in [5.41, 5.74) is 0.592. The van der Waals surface area contributed by atoms with Crippen molar-refractivity contribution in [3.05, 3.63) is 0 Å². The second kappa shape index (κ2) is 14.1. The lowest BCUT2D eigenvalue weighted by Gasteiger charge is -2.47. The van der Waals surface area contributed by atoms with Crippen LogP contribution in [0.2, 0.25) is 0 Å². The van der Waals surface area contributed by atoms with Crippen molar-refractivity contribution in [3.8, 4) is 0 Å². The van der Waals surface area contributed by atoms with Gasteiger partial charge in [-0.25, -0.2) is 0 Å². The van der Waals surface area contributed by atoms with E-state index in [1.165, 1.54) is 77.0 Å². The molecule has 0 aromatic rings. The molecular weight excluding hydrogens is 300 g/mol. The lowest BCUT2D eigenvalue weighted by Crippen LogP contribution is -2.38. The van der Waals surface area contributed by atoms with E-state index in [9.17, 15) is 0 Å². The Kier molecular flexibility index (Phi) is 14.1. The molecule has 0 nitrogen and oxygen atoms in total. The van der Waals surface area contributed by atoms with Crippen LogP contribution in [0.5, 0.6) is 0 Å². The second-order valence-electron chi connectivity index (χ2n) is 9.32. The highest BCUT2D eigenvalue weighted by atomic mass is 14.5. The van der Waals surface area contributed by atoms with Gasteiger partial charge in [-0.2, -0.15) is 0 Å². The van der Waals surface area contributed by atoms with E-state index >= 15 is 0 Å². The minimum Gasteiger partial charge on any atom is -0.0654 e. The lowest BCUT2D eigenvalue weighted by atomic mass is 9.58. The molecule has 0 aromatic carbocycles. The molecule has 0 saturated heterocycles. The number of hydrogen-bond donors (Lipinski definition) is 0. The maximum atomic E-state index is 2.60. The molecule has 0 aromatic heterocycles. The topological polar surface area (TPSA) is 0 Å². The zero-order valence-corrected chi connectivity index (χ0v) is 19.3. The molecule has 0 spiro atoms. The van der Waals surface area contributed by atoms with Crippen LogP contribution in [-0.4, -0.2) is 0 Å². The van der Waals surface area contributed by atoms with Gasteiger partial charge in [0.05, 0.1) is 0 Å². The number of unbranched alkanes of at least 4 members (excludes halogenated alkanes) is 1. The van der Waals surface area contributed by atoms with Crippen LogP contribution in [0.25, 0.3) is 0 Å². The number of rotatable bonds is 16. The zero-order valence-electron chi connectivity index (χ0n) is 19.3. The highest BCUT2D eigenvalue weighted by Gasteiger charge is 2.40. The summed E-state index contributed by atoms with van der Waals surface area (Å²) in [6.45, 7) is 19.5. The molecule has 0 aliphatic rings. The third-order valence-electron chi connectivity index (χ3n) is 7.26. The molecule has 0 rings (SSSR count). The Labute approximate surface area is 161 Å². The van der Waals surface area contributed by atoms with Gasteiger partial charge in [-0.15, -0.1) is 0 Å². The summed E-state index contributed by atoms with van der Waals surface area (Å²) in [5.74, 6) is 3.60. The lowest BCUT2D eigenvalue weighted by molar-refractivity contribution is 0.0301. The summed E-state index contributed by atoms with van der Waals surface area (Å²) in [5, 5.41) is 0. The van der Waals surface area contributed by atoms with Crippen LogP contribution in [0.4, 0.5) is 0 Å². The minimum atomic E-state index is 0.592. The maximum Gasteiger partial charge on any atom is -0.0244 e. The Balaban J connectivity index is 5.41. The third kappa shape index (κ3) is 8.49. The van der Waals surface area contributed by atoms with Crippen molar-refractivity contribution in [2.24, 2.45) is 29.1 Å². The fourth-order valence-electron chi connectivity index (χ4n) is 5.28. The van der Waals surface area contributed by atoms with E-state index < -0.39 is 0 Å². The van der Waals surface area contributed by atoms with Crippen LogP contribution in [0.15, 0.2) is 0 Å². The van der Waals surface area contributed by atoms with Gasteiger partial charge in [0.1, 0.15) is 0 Å². The Bertz CT molecular complexity index is 288. The van der Waals surface area contributed by atoms with Gasteiger partial charge in [0.2, 0.25) is 0 Å². The summed E-state index contributed by atoms with van der Waals surface area (Å²) in [6.07, 6.45) is 16.9. The van der Waals surface area contributed by atoms with E-state index in [0.29, 0.717) is 5.41 Å². The molecule has 0 bridgehead atoms. The summed E-state index contributed by atoms with van der Waals surface area (Å²) in [7, 11) is 0. The number of hydrogen-bond acceptors (Lipinski definition) is 0. The highest BCUT2D eigenvalue weighted by molar-refractivity contribution is 4.90. The van der Waals surface area contributed by atoms with Gasteiger partial charge >= 0.3 is 0 Å². The van der Waals surface area contributed by atoms with Crippen molar-refractivity contribution >= 4 is 0 Å². The smallest absolute Gasteiger partial charge is 0.0244 e. The molecule has 0 radical (unpaired) electrons. The molecule has 0 fully saturated rings. The molecule has 3 atom stereocenters. The molecule has 0 aliphatic heterocycles. The maximum absolute atomic E-state index is 2.60. The quantitative estimate of drug-likeness (QED) is 0.259. The monoisotopic (exact) mass is 352 g/mol. The van der Waals surface area contributed by atoms with Crippen LogP contribution >= 0.6 is 0 Å². The first-order chi connectivity index (χ1) is 11.9. The molecule has 25 heavy (non-hydrogen) atoms. The fraction of sp³-hybridized carbons (Fsp3) is 1.00. The molecular formula is C25H52. The van der Waals surface area contributed by atoms with E-state index in [1.807, 2.05) is 0 Å². The SMILES string of the molecule is CCCCC(C)C(CCC)(CCC(C)C)C(CC)CCC(CC)CC. The molecule has 3 unspecified atom stereocenters. The zero-order chi connectivity index (χ0) is 19.3. The Morgan fingerprint density at radius 1 is 0.640 bits per heavy atom. The third-order valence-corrected chi connectivity index (χ3v) is 7.26. The standard InChI is InChI=1S/C25H52/c1-9-14-15-22(8)25(19-10-2,20-18-21(6)7)24(13-5)17-16-23(11-3)12-4/h21-24H,9-20H2,1-8H3. The molecule has 0 aliphatic carbocycles. The van der Waals surface area contributed by atoms with Gasteiger partial charge in [0.15, 0.2) is 0 Å². The van der Waals surface area contributed by atoms with Crippen molar-refractivity contribution in [1.29, 1.82) is 0 Å². The first-order valence-electron chi connectivity index (χ1n) is 11.9. The predicted molar refractivity (Wildman–Crippen MR) is 117 cm³/mol. The average Bonchev–Trinajstić information content (AvgIpc) is 2.60. The first-order valence-corrected chi connectivity index (χ1v) is 11.9. The van der Waals surface area contributed by atoms with Crippen LogP contribution < -0.4 is 0 Å². The van der Waals surface area contributed by atoms with Crippen molar-refractivity contribution in [2.45, 2.75) is 132 Å². The van der Waals surface area contributed by atoms with Gasteiger partial charge in [-0.05, 0) is 48.3 Å². The van der Waals surface area contributed by atoms with Gasteiger partial charge in [0.25, 0.3) is 0 Å². The Morgan fingerprint density at radius 2 is 1.28 bits per heavy atom. The van der Waals surface area contributed by atoms with Gasteiger partial charge in [0, 0.05) is 0 Å². The highest BCUT2D eigenvalue weighted by Crippen LogP contribution is 2.50. The van der Waals surface area contributed by atoms with Crippen molar-refractivity contribution in [1.82, 2.24) is 0 Å². The largest absolute Gasteiger partial charge is 0.0654 e. The molecule has 0 N–H and O–H groups in total. The predicted octanol–water partition coefficient (Wildman–Crippen LogP) is 9.28. The summed E-state index contributed by atoms with van der Waals surface area (Å²) in [6, 6.07) is 0. The van der Waals surface area contributed by atoms with E-state index in [2.05, 4.69) is 55.4 Å². The Hall–Kier alpha value is 0. The summed E-state index contributed by atoms with van der Waals surface area (Å²) >= 11 is 0. The van der Waals surface area contributed by atoms with E-state index in [4.69, 9.17) is 0 Å². The van der Waals surface area contributed by atoms with E-state index in [0.717, 1.165) is 23.7 Å². The molecule has 152 valence electrons. The second-order valence-corrected chi connectivity index (χ2v) is 9.32. The molecule has 0 amide bonds. The van der Waals surface area contributed by atoms with Crippen molar-refractivity contribution in [3.63, 3.8) is 0 Å².